The van der Waals surface area contributed by atoms with E-state index in [1.54, 1.807) is 0 Å². The molecule has 0 aliphatic rings. The molecule has 0 unspecified atom stereocenters. The lowest BCUT2D eigenvalue weighted by atomic mass is 9.88. The number of nitrogens with one attached hydrogen (secondary N) is 1. The minimum Gasteiger partial charge on any atom is -0.448 e. The molecule has 4 heteroatoms. The molecule has 1 aromatic carbocycles. The molecule has 1 amide bonds. The van der Waals surface area contributed by atoms with Gasteiger partial charge in [0.1, 0.15) is 6.61 Å². The van der Waals surface area contributed by atoms with Crippen molar-refractivity contribution < 1.29 is 9.53 Å². The van der Waals surface area contributed by atoms with Crippen molar-refractivity contribution in [1.82, 2.24) is 0 Å². The van der Waals surface area contributed by atoms with Crippen molar-refractivity contribution in [3.05, 3.63) is 29.8 Å². The third-order valence-electron chi connectivity index (χ3n) is 2.39. The summed E-state index contributed by atoms with van der Waals surface area (Å²) in [4.78, 5) is 11.5. The van der Waals surface area contributed by atoms with Crippen LogP contribution in [0.4, 0.5) is 10.5 Å². The van der Waals surface area contributed by atoms with Gasteiger partial charge in [-0.05, 0) is 29.5 Å². The molecule has 0 heterocycles. The number of anilines is 1. The van der Waals surface area contributed by atoms with Gasteiger partial charge in [-0.2, -0.15) is 12.6 Å². The van der Waals surface area contributed by atoms with E-state index in [1.165, 1.54) is 5.56 Å². The zero-order chi connectivity index (χ0) is 14.5. The van der Waals surface area contributed by atoms with Gasteiger partial charge in [-0.15, -0.1) is 0 Å². The zero-order valence-corrected chi connectivity index (χ0v) is 13.0. The Morgan fingerprint density at radius 3 is 2.37 bits per heavy atom. The van der Waals surface area contributed by atoms with Gasteiger partial charge in [-0.25, -0.2) is 4.79 Å². The van der Waals surface area contributed by atoms with Gasteiger partial charge in [0.2, 0.25) is 0 Å². The highest BCUT2D eigenvalue weighted by atomic mass is 32.1. The van der Waals surface area contributed by atoms with Crippen LogP contribution in [0.5, 0.6) is 0 Å². The van der Waals surface area contributed by atoms with E-state index in [2.05, 4.69) is 38.7 Å². The van der Waals surface area contributed by atoms with Gasteiger partial charge in [0.25, 0.3) is 0 Å². The van der Waals surface area contributed by atoms with Crippen LogP contribution in [-0.4, -0.2) is 18.0 Å². The van der Waals surface area contributed by atoms with E-state index >= 15 is 0 Å². The Balaban J connectivity index is 2.50. The molecule has 0 aliphatic carbocycles. The molecule has 0 spiro atoms. The van der Waals surface area contributed by atoms with E-state index in [4.69, 9.17) is 4.74 Å². The first kappa shape index (κ1) is 15.9. The lowest BCUT2D eigenvalue weighted by Gasteiger charge is -2.18. The minimum absolute atomic E-state index is 0.0416. The smallest absolute Gasteiger partial charge is 0.411 e. The van der Waals surface area contributed by atoms with Crippen LogP contribution >= 0.6 is 12.6 Å². The lowest BCUT2D eigenvalue weighted by molar-refractivity contribution is 0.163. The number of rotatable bonds is 4. The van der Waals surface area contributed by atoms with Crippen LogP contribution in [0.1, 0.15) is 33.3 Å². The van der Waals surface area contributed by atoms with Gasteiger partial charge < -0.3 is 4.74 Å². The van der Waals surface area contributed by atoms with E-state index in [1.807, 2.05) is 31.2 Å². The molecule has 1 aromatic rings. The molecule has 0 saturated carbocycles. The van der Waals surface area contributed by atoms with E-state index < -0.39 is 6.09 Å². The largest absolute Gasteiger partial charge is 0.448 e. The maximum Gasteiger partial charge on any atom is 0.411 e. The summed E-state index contributed by atoms with van der Waals surface area (Å²) in [5, 5.41) is 2.73. The van der Waals surface area contributed by atoms with Gasteiger partial charge in [-0.1, -0.05) is 39.8 Å². The second-order valence-electron chi connectivity index (χ2n) is 6.01. The highest BCUT2D eigenvalue weighted by molar-refractivity contribution is 7.80. The van der Waals surface area contributed by atoms with Crippen molar-refractivity contribution in [3.63, 3.8) is 0 Å². The van der Waals surface area contributed by atoms with Crippen molar-refractivity contribution in [3.8, 4) is 0 Å². The van der Waals surface area contributed by atoms with Crippen molar-refractivity contribution in [2.75, 3.05) is 11.9 Å². The van der Waals surface area contributed by atoms with Gasteiger partial charge in [0, 0.05) is 10.9 Å². The molecular formula is C15H23NO2S. The average Bonchev–Trinajstić information content (AvgIpc) is 2.27. The molecular weight excluding hydrogens is 258 g/mol. The number of carbonyl (C=O) groups excluding carboxylic acids is 1. The molecule has 1 atom stereocenters. The summed E-state index contributed by atoms with van der Waals surface area (Å²) in [6.07, 6.45) is 0.569. The second-order valence-corrected chi connectivity index (χ2v) is 6.89. The van der Waals surface area contributed by atoms with Crippen LogP contribution < -0.4 is 5.32 Å². The van der Waals surface area contributed by atoms with Gasteiger partial charge >= 0.3 is 6.09 Å². The third kappa shape index (κ3) is 7.11. The van der Waals surface area contributed by atoms with Crippen LogP contribution in [0, 0.1) is 5.41 Å². The lowest BCUT2D eigenvalue weighted by Crippen LogP contribution is -2.17. The summed E-state index contributed by atoms with van der Waals surface area (Å²) < 4.78 is 4.99. The Bertz CT molecular complexity index is 407. The molecule has 0 aliphatic heterocycles. The maximum absolute atomic E-state index is 11.5. The first-order valence-electron chi connectivity index (χ1n) is 6.47. The van der Waals surface area contributed by atoms with Gasteiger partial charge in [0.05, 0.1) is 0 Å². The molecule has 3 nitrogen and oxygen atoms in total. The van der Waals surface area contributed by atoms with E-state index in [-0.39, 0.29) is 10.7 Å². The first-order chi connectivity index (χ1) is 8.76. The third-order valence-corrected chi connectivity index (χ3v) is 2.54. The van der Waals surface area contributed by atoms with Crippen LogP contribution in [0.2, 0.25) is 0 Å². The van der Waals surface area contributed by atoms with Crippen molar-refractivity contribution in [1.29, 1.82) is 0 Å². The van der Waals surface area contributed by atoms with Crippen LogP contribution in [0.15, 0.2) is 24.3 Å². The number of benzene rings is 1. The Morgan fingerprint density at radius 1 is 1.32 bits per heavy atom. The minimum atomic E-state index is -0.440. The topological polar surface area (TPSA) is 38.3 Å². The SMILES string of the molecule is C[C@@H](S)COC(=O)Nc1ccc(CC(C)(C)C)cc1. The number of carbonyl (C=O) groups is 1. The van der Waals surface area contributed by atoms with Crippen molar-refractivity contribution >= 4 is 24.4 Å². The Labute approximate surface area is 121 Å². The van der Waals surface area contributed by atoms with Crippen LogP contribution in [-0.2, 0) is 11.2 Å². The first-order valence-corrected chi connectivity index (χ1v) is 6.99. The fourth-order valence-corrected chi connectivity index (χ4v) is 1.74. The van der Waals surface area contributed by atoms with Crippen molar-refractivity contribution in [2.45, 2.75) is 39.4 Å². The molecule has 0 radical (unpaired) electrons. The van der Waals surface area contributed by atoms with Crippen LogP contribution in [0.25, 0.3) is 0 Å². The Hall–Kier alpha value is -1.16. The Kier molecular flexibility index (Phi) is 5.73. The number of hydrogen-bond donors (Lipinski definition) is 2. The fourth-order valence-electron chi connectivity index (χ4n) is 1.67. The number of hydrogen-bond acceptors (Lipinski definition) is 3. The average molecular weight is 281 g/mol. The highest BCUT2D eigenvalue weighted by Crippen LogP contribution is 2.21. The molecule has 0 saturated heterocycles. The predicted molar refractivity (Wildman–Crippen MR) is 83.0 cm³/mol. The number of ether oxygens (including phenoxy) is 1. The standard InChI is InChI=1S/C15H23NO2S/c1-11(19)10-18-14(17)16-13-7-5-12(6-8-13)9-15(2,3)4/h5-8,11,19H,9-10H2,1-4H3,(H,16,17)/t11-/m1/s1. The van der Waals surface area contributed by atoms with Crippen molar-refractivity contribution in [2.24, 2.45) is 5.41 Å². The maximum atomic E-state index is 11.5. The number of amides is 1. The van der Waals surface area contributed by atoms with E-state index in [9.17, 15) is 4.79 Å². The molecule has 0 bridgehead atoms. The summed E-state index contributed by atoms with van der Waals surface area (Å²) in [6.45, 7) is 8.79. The fraction of sp³-hybridized carbons (Fsp3) is 0.533. The second kappa shape index (κ2) is 6.85. The quantitative estimate of drug-likeness (QED) is 0.814. The van der Waals surface area contributed by atoms with Gasteiger partial charge in [-0.3, -0.25) is 5.32 Å². The summed E-state index contributed by atoms with van der Waals surface area (Å²) >= 11 is 4.15. The van der Waals surface area contributed by atoms with E-state index in [0.717, 1.165) is 12.1 Å². The summed E-state index contributed by atoms with van der Waals surface area (Å²) in [7, 11) is 0. The molecule has 19 heavy (non-hydrogen) atoms. The normalized spacial score (nSPS) is 12.9. The molecule has 0 fully saturated rings. The molecule has 106 valence electrons. The zero-order valence-electron chi connectivity index (χ0n) is 12.1. The summed E-state index contributed by atoms with van der Waals surface area (Å²) in [6, 6.07) is 7.85. The molecule has 0 aromatic heterocycles. The molecule has 1 N–H and O–H groups in total. The predicted octanol–water partition coefficient (Wildman–Crippen LogP) is 4.14. The monoisotopic (exact) mass is 281 g/mol. The van der Waals surface area contributed by atoms with Crippen LogP contribution in [0.3, 0.4) is 0 Å². The summed E-state index contributed by atoms with van der Waals surface area (Å²) in [5.41, 5.74) is 2.27. The number of thiol groups is 1. The summed E-state index contributed by atoms with van der Waals surface area (Å²) in [5.74, 6) is 0. The van der Waals surface area contributed by atoms with Gasteiger partial charge in [0.15, 0.2) is 0 Å². The highest BCUT2D eigenvalue weighted by Gasteiger charge is 2.11. The molecule has 1 rings (SSSR count). The Morgan fingerprint density at radius 2 is 1.89 bits per heavy atom. The van der Waals surface area contributed by atoms with E-state index in [0.29, 0.717) is 6.61 Å².